The van der Waals surface area contributed by atoms with Gasteiger partial charge in [0.2, 0.25) is 0 Å². The lowest BCUT2D eigenvalue weighted by atomic mass is 10.1. The van der Waals surface area contributed by atoms with Gasteiger partial charge in [-0.1, -0.05) is 0 Å². The fraction of sp³-hybridized carbons (Fsp3) is 0.667. The molecule has 18 heavy (non-hydrogen) atoms. The molecule has 0 spiro atoms. The van der Waals surface area contributed by atoms with Gasteiger partial charge in [-0.2, -0.15) is 5.10 Å². The molecule has 1 aliphatic rings. The third kappa shape index (κ3) is 3.03. The summed E-state index contributed by atoms with van der Waals surface area (Å²) >= 11 is 5.58. The van der Waals surface area contributed by atoms with E-state index in [9.17, 15) is 4.79 Å². The predicted molar refractivity (Wildman–Crippen MR) is 68.9 cm³/mol. The van der Waals surface area contributed by atoms with E-state index in [0.717, 1.165) is 31.6 Å². The number of aromatic nitrogens is 2. The molecule has 0 aliphatic carbocycles. The number of ether oxygens (including phenoxy) is 1. The van der Waals surface area contributed by atoms with Gasteiger partial charge < -0.3 is 9.64 Å². The summed E-state index contributed by atoms with van der Waals surface area (Å²) in [7, 11) is 0. The van der Waals surface area contributed by atoms with Gasteiger partial charge in [0.25, 0.3) is 5.91 Å². The van der Waals surface area contributed by atoms with Gasteiger partial charge in [-0.3, -0.25) is 9.89 Å². The van der Waals surface area contributed by atoms with E-state index >= 15 is 0 Å². The Morgan fingerprint density at radius 1 is 1.61 bits per heavy atom. The van der Waals surface area contributed by atoms with E-state index in [0.29, 0.717) is 18.1 Å². The summed E-state index contributed by atoms with van der Waals surface area (Å²) in [4.78, 5) is 14.1. The third-order valence-corrected chi connectivity index (χ3v) is 3.37. The van der Waals surface area contributed by atoms with E-state index in [1.807, 2.05) is 11.8 Å². The summed E-state index contributed by atoms with van der Waals surface area (Å²) in [5, 5.41) is 6.67. The summed E-state index contributed by atoms with van der Waals surface area (Å²) in [6, 6.07) is 0. The summed E-state index contributed by atoms with van der Waals surface area (Å²) < 4.78 is 5.59. The Morgan fingerprint density at radius 2 is 2.33 bits per heavy atom. The number of nitrogens with zero attached hydrogens (tertiary/aromatic N) is 2. The highest BCUT2D eigenvalue weighted by Gasteiger charge is 2.25. The van der Waals surface area contributed by atoms with Gasteiger partial charge in [-0.25, -0.2) is 0 Å². The lowest BCUT2D eigenvalue weighted by Crippen LogP contribution is -2.41. The number of H-pyrrole nitrogens is 1. The highest BCUT2D eigenvalue weighted by molar-refractivity contribution is 6.17. The summed E-state index contributed by atoms with van der Waals surface area (Å²) in [5.41, 5.74) is 1.48. The van der Waals surface area contributed by atoms with E-state index in [-0.39, 0.29) is 12.0 Å². The average molecular weight is 272 g/mol. The molecule has 1 aromatic rings. The molecule has 6 heteroatoms. The summed E-state index contributed by atoms with van der Waals surface area (Å²) in [5.74, 6) is 0.574. The number of alkyl halides is 1. The minimum Gasteiger partial charge on any atom is -0.377 e. The van der Waals surface area contributed by atoms with Gasteiger partial charge in [-0.05, 0) is 19.8 Å². The molecule has 0 atom stereocenters. The van der Waals surface area contributed by atoms with Crippen LogP contribution < -0.4 is 0 Å². The molecule has 2 rings (SSSR count). The van der Waals surface area contributed by atoms with Crippen LogP contribution in [0.4, 0.5) is 0 Å². The second kappa shape index (κ2) is 6.20. The number of nitrogens with one attached hydrogen (secondary N) is 1. The van der Waals surface area contributed by atoms with Gasteiger partial charge >= 0.3 is 0 Å². The normalized spacial score (nSPS) is 17.1. The molecule has 1 aromatic heterocycles. The van der Waals surface area contributed by atoms with Crippen LogP contribution in [-0.4, -0.2) is 52.7 Å². The molecular weight excluding hydrogens is 254 g/mol. The lowest BCUT2D eigenvalue weighted by Gasteiger charge is -2.31. The predicted octanol–water partition coefficient (Wildman–Crippen LogP) is 1.58. The molecule has 0 aromatic carbocycles. The molecule has 1 N–H and O–H groups in total. The quantitative estimate of drug-likeness (QED) is 0.846. The van der Waals surface area contributed by atoms with Crippen molar-refractivity contribution >= 4 is 17.5 Å². The molecule has 0 unspecified atom stereocenters. The maximum atomic E-state index is 12.2. The second-order valence-electron chi connectivity index (χ2n) is 4.46. The largest absolute Gasteiger partial charge is 0.377 e. The number of likely N-dealkylation sites (tertiary alicyclic amines) is 1. The van der Waals surface area contributed by atoms with Crippen molar-refractivity contribution < 1.29 is 9.53 Å². The van der Waals surface area contributed by atoms with Crippen molar-refractivity contribution in [3.05, 3.63) is 17.5 Å². The van der Waals surface area contributed by atoms with E-state index in [1.165, 1.54) is 0 Å². The van der Waals surface area contributed by atoms with Crippen molar-refractivity contribution in [2.45, 2.75) is 25.9 Å². The van der Waals surface area contributed by atoms with Gasteiger partial charge in [0.1, 0.15) is 0 Å². The van der Waals surface area contributed by atoms with E-state index in [2.05, 4.69) is 10.2 Å². The lowest BCUT2D eigenvalue weighted by molar-refractivity contribution is 0.0154. The number of amides is 1. The van der Waals surface area contributed by atoms with Crippen LogP contribution in [0.5, 0.6) is 0 Å². The van der Waals surface area contributed by atoms with Crippen molar-refractivity contribution in [3.63, 3.8) is 0 Å². The molecular formula is C12H18ClN3O2. The first-order chi connectivity index (χ1) is 8.72. The Labute approximate surface area is 111 Å². The smallest absolute Gasteiger partial charge is 0.257 e. The monoisotopic (exact) mass is 271 g/mol. The zero-order valence-electron chi connectivity index (χ0n) is 10.5. The van der Waals surface area contributed by atoms with Crippen LogP contribution in [0.3, 0.4) is 0 Å². The maximum Gasteiger partial charge on any atom is 0.257 e. The second-order valence-corrected chi connectivity index (χ2v) is 4.84. The van der Waals surface area contributed by atoms with Gasteiger partial charge in [0.15, 0.2) is 0 Å². The van der Waals surface area contributed by atoms with Crippen LogP contribution in [0.25, 0.3) is 0 Å². The average Bonchev–Trinajstić information content (AvgIpc) is 2.82. The standard InChI is InChI=1S/C12H18ClN3O2/c1-9-11(8-14-15-9)12(17)16-5-2-10(3-6-16)18-7-4-13/h8,10H,2-7H2,1H3,(H,14,15). The highest BCUT2D eigenvalue weighted by Crippen LogP contribution is 2.17. The number of aryl methyl sites for hydroxylation is 1. The van der Waals surface area contributed by atoms with Crippen LogP contribution in [0.2, 0.25) is 0 Å². The minimum absolute atomic E-state index is 0.0528. The number of rotatable bonds is 4. The van der Waals surface area contributed by atoms with Crippen LogP contribution >= 0.6 is 11.6 Å². The molecule has 1 saturated heterocycles. The summed E-state index contributed by atoms with van der Waals surface area (Å²) in [6.07, 6.45) is 3.57. The molecule has 1 aliphatic heterocycles. The SMILES string of the molecule is Cc1[nH]ncc1C(=O)N1CCC(OCCCl)CC1. The number of hydrogen-bond donors (Lipinski definition) is 1. The first-order valence-electron chi connectivity index (χ1n) is 6.19. The van der Waals surface area contributed by atoms with Gasteiger partial charge in [0, 0.05) is 24.7 Å². The maximum absolute atomic E-state index is 12.2. The Bertz CT molecular complexity index is 400. The van der Waals surface area contributed by atoms with Crippen molar-refractivity contribution in [2.75, 3.05) is 25.6 Å². The Morgan fingerprint density at radius 3 is 2.89 bits per heavy atom. The topological polar surface area (TPSA) is 58.2 Å². The summed E-state index contributed by atoms with van der Waals surface area (Å²) in [6.45, 7) is 3.91. The number of piperidine rings is 1. The number of halogens is 1. The molecule has 100 valence electrons. The van der Waals surface area contributed by atoms with E-state index < -0.39 is 0 Å². The van der Waals surface area contributed by atoms with Crippen LogP contribution in [-0.2, 0) is 4.74 Å². The van der Waals surface area contributed by atoms with Crippen molar-refractivity contribution in [1.82, 2.24) is 15.1 Å². The van der Waals surface area contributed by atoms with Crippen molar-refractivity contribution in [3.8, 4) is 0 Å². The molecule has 2 heterocycles. The highest BCUT2D eigenvalue weighted by atomic mass is 35.5. The van der Waals surface area contributed by atoms with Gasteiger partial charge in [0.05, 0.1) is 24.5 Å². The number of carbonyl (C=O) groups excluding carboxylic acids is 1. The van der Waals surface area contributed by atoms with Crippen LogP contribution in [0, 0.1) is 6.92 Å². The number of hydrogen-bond acceptors (Lipinski definition) is 3. The number of aromatic amines is 1. The van der Waals surface area contributed by atoms with Crippen LogP contribution in [0.1, 0.15) is 28.9 Å². The Hall–Kier alpha value is -1.07. The first-order valence-corrected chi connectivity index (χ1v) is 6.72. The number of carbonyl (C=O) groups is 1. The first kappa shape index (κ1) is 13.4. The molecule has 1 amide bonds. The van der Waals surface area contributed by atoms with Crippen molar-refractivity contribution in [2.24, 2.45) is 0 Å². The van der Waals surface area contributed by atoms with Crippen LogP contribution in [0.15, 0.2) is 6.20 Å². The zero-order valence-corrected chi connectivity index (χ0v) is 11.2. The Kier molecular flexibility index (Phi) is 4.60. The van der Waals surface area contributed by atoms with Crippen molar-refractivity contribution in [1.29, 1.82) is 0 Å². The fourth-order valence-corrected chi connectivity index (χ4v) is 2.26. The Balaban J connectivity index is 1.86. The molecule has 5 nitrogen and oxygen atoms in total. The molecule has 1 fully saturated rings. The molecule has 0 radical (unpaired) electrons. The van der Waals surface area contributed by atoms with Gasteiger partial charge in [-0.15, -0.1) is 11.6 Å². The minimum atomic E-state index is 0.0528. The fourth-order valence-electron chi connectivity index (χ4n) is 2.17. The molecule has 0 saturated carbocycles. The third-order valence-electron chi connectivity index (χ3n) is 3.22. The van der Waals surface area contributed by atoms with E-state index in [1.54, 1.807) is 6.20 Å². The molecule has 0 bridgehead atoms. The van der Waals surface area contributed by atoms with E-state index in [4.69, 9.17) is 16.3 Å². The zero-order chi connectivity index (χ0) is 13.0.